The number of aromatic nitrogens is 1. The number of nitrogens with zero attached hydrogens (tertiary/aromatic N) is 1. The molecule has 0 saturated heterocycles. The fourth-order valence-electron chi connectivity index (χ4n) is 1.26. The molecule has 4 heteroatoms. The smallest absolute Gasteiger partial charge is 0.293 e. The summed E-state index contributed by atoms with van der Waals surface area (Å²) in [5.74, 6) is 2.52. The van der Waals surface area contributed by atoms with Gasteiger partial charge in [-0.15, -0.1) is 12.3 Å². The molecular formula is C12H16N2O2. The Hall–Kier alpha value is -1.89. The second-order valence-electron chi connectivity index (χ2n) is 4.42. The lowest BCUT2D eigenvalue weighted by Gasteiger charge is -2.22. The molecule has 0 fully saturated rings. The Kier molecular flexibility index (Phi) is 3.28. The van der Waals surface area contributed by atoms with E-state index in [0.29, 0.717) is 5.69 Å². The van der Waals surface area contributed by atoms with Gasteiger partial charge in [0.1, 0.15) is 11.4 Å². The minimum Gasteiger partial charge on any atom is -0.506 e. The Balaban J connectivity index is 2.97. The number of aromatic hydroxyl groups is 1. The van der Waals surface area contributed by atoms with Crippen LogP contribution in [0.4, 0.5) is 0 Å². The lowest BCUT2D eigenvalue weighted by Crippen LogP contribution is -2.28. The van der Waals surface area contributed by atoms with E-state index in [1.807, 2.05) is 20.8 Å². The molecule has 0 spiro atoms. The molecule has 0 aliphatic carbocycles. The summed E-state index contributed by atoms with van der Waals surface area (Å²) in [6.07, 6.45) is 7.02. The van der Waals surface area contributed by atoms with Crippen molar-refractivity contribution in [1.29, 1.82) is 5.41 Å². The first-order chi connectivity index (χ1) is 7.35. The van der Waals surface area contributed by atoms with Crippen molar-refractivity contribution < 1.29 is 9.84 Å². The second kappa shape index (κ2) is 4.31. The van der Waals surface area contributed by atoms with E-state index in [9.17, 15) is 5.11 Å². The zero-order valence-electron chi connectivity index (χ0n) is 9.74. The molecule has 0 bridgehead atoms. The Morgan fingerprint density at radius 3 is 2.75 bits per heavy atom. The van der Waals surface area contributed by atoms with Crippen molar-refractivity contribution in [3.05, 3.63) is 18.0 Å². The summed E-state index contributed by atoms with van der Waals surface area (Å²) >= 11 is 0. The van der Waals surface area contributed by atoms with E-state index in [1.165, 1.54) is 10.6 Å². The summed E-state index contributed by atoms with van der Waals surface area (Å²) in [4.78, 5) is 0. The van der Waals surface area contributed by atoms with Gasteiger partial charge in [0.25, 0.3) is 6.02 Å². The predicted molar refractivity (Wildman–Crippen MR) is 62.6 cm³/mol. The van der Waals surface area contributed by atoms with Gasteiger partial charge in [-0.2, -0.15) is 0 Å². The van der Waals surface area contributed by atoms with Gasteiger partial charge < -0.3 is 9.84 Å². The molecule has 1 rings (SSSR count). The minimum atomic E-state index is -0.454. The van der Waals surface area contributed by atoms with Crippen LogP contribution in [-0.4, -0.2) is 21.3 Å². The molecule has 0 atom stereocenters. The lowest BCUT2D eigenvalue weighted by molar-refractivity contribution is 0.107. The van der Waals surface area contributed by atoms with Crippen molar-refractivity contribution >= 4 is 6.02 Å². The largest absolute Gasteiger partial charge is 0.506 e. The fourth-order valence-corrected chi connectivity index (χ4v) is 1.26. The third-order valence-electron chi connectivity index (χ3n) is 1.86. The van der Waals surface area contributed by atoms with Crippen molar-refractivity contribution in [2.75, 3.05) is 0 Å². The maximum atomic E-state index is 9.54. The van der Waals surface area contributed by atoms with Crippen LogP contribution in [0.5, 0.6) is 5.75 Å². The summed E-state index contributed by atoms with van der Waals surface area (Å²) < 4.78 is 6.84. The molecular weight excluding hydrogens is 204 g/mol. The number of terminal acetylenes is 1. The van der Waals surface area contributed by atoms with Crippen molar-refractivity contribution in [2.24, 2.45) is 0 Å². The van der Waals surface area contributed by atoms with E-state index in [0.717, 1.165) is 0 Å². The normalized spacial score (nSPS) is 10.9. The van der Waals surface area contributed by atoms with Crippen LogP contribution < -0.4 is 0 Å². The quantitative estimate of drug-likeness (QED) is 0.432. The summed E-state index contributed by atoms with van der Waals surface area (Å²) in [6, 6.07) is 1.45. The molecule has 16 heavy (non-hydrogen) atoms. The van der Waals surface area contributed by atoms with Crippen LogP contribution in [0.2, 0.25) is 0 Å². The van der Waals surface area contributed by atoms with Gasteiger partial charge in [-0.05, 0) is 26.8 Å². The molecule has 2 N–H and O–H groups in total. The third-order valence-corrected chi connectivity index (χ3v) is 1.86. The highest BCUT2D eigenvalue weighted by Gasteiger charge is 2.18. The van der Waals surface area contributed by atoms with Crippen LogP contribution in [0, 0.1) is 17.8 Å². The van der Waals surface area contributed by atoms with Crippen molar-refractivity contribution in [1.82, 2.24) is 4.57 Å². The van der Waals surface area contributed by atoms with E-state index < -0.39 is 5.60 Å². The van der Waals surface area contributed by atoms with Crippen LogP contribution in [-0.2, 0) is 11.2 Å². The van der Waals surface area contributed by atoms with E-state index in [-0.39, 0.29) is 18.2 Å². The average Bonchev–Trinajstić information content (AvgIpc) is 2.46. The second-order valence-corrected chi connectivity index (χ2v) is 4.42. The van der Waals surface area contributed by atoms with Crippen LogP contribution in [0.3, 0.4) is 0 Å². The Bertz CT molecular complexity index is 433. The SMILES string of the molecule is C#CCc1c(O)ccn1C(=N)OC(C)(C)C. The molecule has 1 heterocycles. The predicted octanol–water partition coefficient (Wildman–Crippen LogP) is 1.97. The first-order valence-corrected chi connectivity index (χ1v) is 4.96. The molecule has 86 valence electrons. The van der Waals surface area contributed by atoms with Gasteiger partial charge in [-0.1, -0.05) is 0 Å². The number of rotatable bonds is 1. The molecule has 0 aromatic carbocycles. The van der Waals surface area contributed by atoms with Gasteiger partial charge in [-0.3, -0.25) is 9.98 Å². The Morgan fingerprint density at radius 2 is 2.25 bits per heavy atom. The molecule has 0 aliphatic heterocycles. The van der Waals surface area contributed by atoms with Crippen LogP contribution >= 0.6 is 0 Å². The van der Waals surface area contributed by atoms with Crippen molar-refractivity contribution in [3.8, 4) is 18.1 Å². The van der Waals surface area contributed by atoms with Gasteiger partial charge >= 0.3 is 0 Å². The highest BCUT2D eigenvalue weighted by Crippen LogP contribution is 2.20. The highest BCUT2D eigenvalue weighted by molar-refractivity contribution is 5.75. The Morgan fingerprint density at radius 1 is 1.62 bits per heavy atom. The third kappa shape index (κ3) is 2.80. The molecule has 1 aromatic rings. The van der Waals surface area contributed by atoms with Gasteiger partial charge in [0, 0.05) is 6.20 Å². The number of nitrogens with one attached hydrogen (secondary N) is 1. The lowest BCUT2D eigenvalue weighted by atomic mass is 10.2. The number of hydrogen-bond donors (Lipinski definition) is 2. The van der Waals surface area contributed by atoms with Gasteiger partial charge in [0.15, 0.2) is 0 Å². The standard InChI is InChI=1S/C12H16N2O2/c1-5-6-9-10(15)7-8-14(9)11(13)16-12(2,3)4/h1,7-8,13,15H,6H2,2-4H3. The first-order valence-electron chi connectivity index (χ1n) is 4.96. The summed E-state index contributed by atoms with van der Waals surface area (Å²) in [7, 11) is 0. The molecule has 0 unspecified atom stereocenters. The molecule has 0 aliphatic rings. The van der Waals surface area contributed by atoms with Crippen LogP contribution in [0.1, 0.15) is 26.5 Å². The summed E-state index contributed by atoms with van der Waals surface area (Å²) in [6.45, 7) is 5.56. The molecule has 0 radical (unpaired) electrons. The topological polar surface area (TPSA) is 58.2 Å². The molecule has 4 nitrogen and oxygen atoms in total. The molecule has 0 amide bonds. The van der Waals surface area contributed by atoms with Crippen LogP contribution in [0.25, 0.3) is 0 Å². The zero-order valence-corrected chi connectivity index (χ0v) is 9.74. The van der Waals surface area contributed by atoms with Crippen LogP contribution in [0.15, 0.2) is 12.3 Å². The van der Waals surface area contributed by atoms with E-state index in [1.54, 1.807) is 6.20 Å². The Labute approximate surface area is 95.4 Å². The summed E-state index contributed by atoms with van der Waals surface area (Å²) in [5, 5.41) is 17.3. The molecule has 1 aromatic heterocycles. The van der Waals surface area contributed by atoms with Crippen molar-refractivity contribution in [3.63, 3.8) is 0 Å². The minimum absolute atomic E-state index is 0.0435. The monoisotopic (exact) mass is 220 g/mol. The maximum absolute atomic E-state index is 9.54. The van der Waals surface area contributed by atoms with E-state index >= 15 is 0 Å². The van der Waals surface area contributed by atoms with Gasteiger partial charge in [0.05, 0.1) is 12.1 Å². The number of ether oxygens (including phenoxy) is 1. The number of hydrogen-bond acceptors (Lipinski definition) is 3. The average molecular weight is 220 g/mol. The van der Waals surface area contributed by atoms with Gasteiger partial charge in [0.2, 0.25) is 0 Å². The van der Waals surface area contributed by atoms with E-state index in [2.05, 4.69) is 5.92 Å². The summed E-state index contributed by atoms with van der Waals surface area (Å²) in [5.41, 5.74) is 0.0430. The molecule has 0 saturated carbocycles. The maximum Gasteiger partial charge on any atom is 0.293 e. The first kappa shape index (κ1) is 12.2. The van der Waals surface area contributed by atoms with E-state index in [4.69, 9.17) is 16.6 Å². The van der Waals surface area contributed by atoms with Gasteiger partial charge in [-0.25, -0.2) is 0 Å². The zero-order chi connectivity index (χ0) is 12.3. The highest BCUT2D eigenvalue weighted by atomic mass is 16.5. The fraction of sp³-hybridized carbons (Fsp3) is 0.417. The van der Waals surface area contributed by atoms with Crippen molar-refractivity contribution in [2.45, 2.75) is 32.8 Å².